The molecule has 3 heteroatoms. The number of nitrogens with zero attached hydrogens (tertiary/aromatic N) is 1. The van der Waals surface area contributed by atoms with Gasteiger partial charge in [0.1, 0.15) is 0 Å². The third kappa shape index (κ3) is 4.08. The highest BCUT2D eigenvalue weighted by atomic mass is 79.9. The van der Waals surface area contributed by atoms with Crippen LogP contribution in [-0.2, 0) is 4.79 Å². The molecular formula is C13H24BrNO. The summed E-state index contributed by atoms with van der Waals surface area (Å²) in [4.78, 5) is 14.2. The molecule has 94 valence electrons. The first-order chi connectivity index (χ1) is 7.69. The summed E-state index contributed by atoms with van der Waals surface area (Å²) in [6, 6.07) is 0. The number of hydrogen-bond donors (Lipinski definition) is 0. The van der Waals surface area contributed by atoms with E-state index in [1.54, 1.807) is 0 Å². The van der Waals surface area contributed by atoms with Crippen molar-refractivity contribution in [3.8, 4) is 0 Å². The molecule has 2 unspecified atom stereocenters. The second kappa shape index (κ2) is 7.31. The Balaban J connectivity index is 2.43. The molecule has 16 heavy (non-hydrogen) atoms. The molecule has 1 aliphatic rings. The normalized spacial score (nSPS) is 23.2. The lowest BCUT2D eigenvalue weighted by Gasteiger charge is -2.34. The summed E-state index contributed by atoms with van der Waals surface area (Å²) in [7, 11) is 0. The maximum absolute atomic E-state index is 12.2. The molecule has 0 aromatic heterocycles. The van der Waals surface area contributed by atoms with Crippen molar-refractivity contribution in [2.24, 2.45) is 11.8 Å². The maximum Gasteiger partial charge on any atom is 0.225 e. The van der Waals surface area contributed by atoms with Crippen molar-refractivity contribution < 1.29 is 4.79 Å². The van der Waals surface area contributed by atoms with E-state index in [4.69, 9.17) is 0 Å². The summed E-state index contributed by atoms with van der Waals surface area (Å²) < 4.78 is 0. The first kappa shape index (κ1) is 14.0. The van der Waals surface area contributed by atoms with E-state index in [1.165, 1.54) is 19.3 Å². The van der Waals surface area contributed by atoms with Crippen molar-refractivity contribution in [3.63, 3.8) is 0 Å². The molecular weight excluding hydrogens is 266 g/mol. The van der Waals surface area contributed by atoms with E-state index in [9.17, 15) is 4.79 Å². The van der Waals surface area contributed by atoms with Crippen LogP contribution in [0.3, 0.4) is 0 Å². The first-order valence-corrected chi connectivity index (χ1v) is 7.66. The fourth-order valence-corrected chi connectivity index (χ4v) is 3.17. The minimum atomic E-state index is 0.215. The highest BCUT2D eigenvalue weighted by Crippen LogP contribution is 2.22. The van der Waals surface area contributed by atoms with Crippen LogP contribution in [0.5, 0.6) is 0 Å². The number of rotatable bonds is 5. The fourth-order valence-electron chi connectivity index (χ4n) is 2.52. The van der Waals surface area contributed by atoms with E-state index in [-0.39, 0.29) is 5.92 Å². The van der Waals surface area contributed by atoms with Crippen LogP contribution >= 0.6 is 15.9 Å². The van der Waals surface area contributed by atoms with Crippen molar-refractivity contribution in [2.75, 3.05) is 18.4 Å². The van der Waals surface area contributed by atoms with Crippen LogP contribution in [0, 0.1) is 11.8 Å². The van der Waals surface area contributed by atoms with Crippen LogP contribution in [0.15, 0.2) is 0 Å². The van der Waals surface area contributed by atoms with Crippen molar-refractivity contribution in [1.82, 2.24) is 4.90 Å². The number of halogens is 1. The number of hydrogen-bond acceptors (Lipinski definition) is 1. The Morgan fingerprint density at radius 2 is 2.31 bits per heavy atom. The number of carbonyl (C=O) groups excluding carboxylic acids is 1. The van der Waals surface area contributed by atoms with Crippen molar-refractivity contribution in [2.45, 2.75) is 46.0 Å². The van der Waals surface area contributed by atoms with Gasteiger partial charge in [-0.25, -0.2) is 0 Å². The van der Waals surface area contributed by atoms with Crippen LogP contribution in [0.2, 0.25) is 0 Å². The Labute approximate surface area is 108 Å². The third-order valence-electron chi connectivity index (χ3n) is 3.49. The van der Waals surface area contributed by atoms with Crippen LogP contribution in [0.4, 0.5) is 0 Å². The molecule has 1 heterocycles. The summed E-state index contributed by atoms with van der Waals surface area (Å²) in [5.74, 6) is 1.31. The average molecular weight is 290 g/mol. The Morgan fingerprint density at radius 3 is 2.94 bits per heavy atom. The minimum Gasteiger partial charge on any atom is -0.342 e. The number of alkyl halides is 1. The molecule has 0 spiro atoms. The number of amides is 1. The van der Waals surface area contributed by atoms with Crippen LogP contribution < -0.4 is 0 Å². The zero-order chi connectivity index (χ0) is 12.0. The first-order valence-electron chi connectivity index (χ1n) is 6.53. The average Bonchev–Trinajstić information content (AvgIpc) is 2.29. The molecule has 0 aromatic carbocycles. The lowest BCUT2D eigenvalue weighted by atomic mass is 9.94. The summed E-state index contributed by atoms with van der Waals surface area (Å²) >= 11 is 3.49. The molecule has 1 aliphatic heterocycles. The fraction of sp³-hybridized carbons (Fsp3) is 0.923. The van der Waals surface area contributed by atoms with Gasteiger partial charge in [0.15, 0.2) is 0 Å². The standard InChI is InChI=1S/C13H24BrNO/c1-3-5-11(2)13(16)15-9-4-6-12(10-15)7-8-14/h11-12H,3-10H2,1-2H3. The topological polar surface area (TPSA) is 20.3 Å². The molecule has 0 bridgehead atoms. The Kier molecular flexibility index (Phi) is 6.40. The summed E-state index contributed by atoms with van der Waals surface area (Å²) in [6.07, 6.45) is 5.80. The smallest absolute Gasteiger partial charge is 0.225 e. The van der Waals surface area contributed by atoms with Gasteiger partial charge in [-0.15, -0.1) is 0 Å². The van der Waals surface area contributed by atoms with E-state index in [1.807, 2.05) is 0 Å². The van der Waals surface area contributed by atoms with E-state index in [0.29, 0.717) is 11.8 Å². The minimum absolute atomic E-state index is 0.215. The monoisotopic (exact) mass is 289 g/mol. The third-order valence-corrected chi connectivity index (χ3v) is 3.95. The summed E-state index contributed by atoms with van der Waals surface area (Å²) in [5.41, 5.74) is 0. The zero-order valence-electron chi connectivity index (χ0n) is 10.5. The van der Waals surface area contributed by atoms with Gasteiger partial charge in [0, 0.05) is 24.3 Å². The van der Waals surface area contributed by atoms with Gasteiger partial charge in [0.2, 0.25) is 5.91 Å². The number of likely N-dealkylation sites (tertiary alicyclic amines) is 1. The Bertz CT molecular complexity index is 218. The zero-order valence-corrected chi connectivity index (χ0v) is 12.1. The maximum atomic E-state index is 12.2. The van der Waals surface area contributed by atoms with Gasteiger partial charge in [-0.2, -0.15) is 0 Å². The second-order valence-corrected chi connectivity index (χ2v) is 5.75. The van der Waals surface area contributed by atoms with Gasteiger partial charge in [-0.3, -0.25) is 4.79 Å². The summed E-state index contributed by atoms with van der Waals surface area (Å²) in [6.45, 7) is 6.18. The van der Waals surface area contributed by atoms with Gasteiger partial charge >= 0.3 is 0 Å². The molecule has 0 radical (unpaired) electrons. The van der Waals surface area contributed by atoms with E-state index >= 15 is 0 Å². The second-order valence-electron chi connectivity index (χ2n) is 4.96. The van der Waals surface area contributed by atoms with E-state index in [0.717, 1.165) is 31.3 Å². The quantitative estimate of drug-likeness (QED) is 0.710. The molecule has 1 rings (SSSR count). The van der Waals surface area contributed by atoms with Gasteiger partial charge in [-0.05, 0) is 31.6 Å². The predicted octanol–water partition coefficient (Wildman–Crippen LogP) is 3.45. The molecule has 1 saturated heterocycles. The molecule has 0 saturated carbocycles. The largest absolute Gasteiger partial charge is 0.342 e. The Morgan fingerprint density at radius 1 is 1.56 bits per heavy atom. The van der Waals surface area contributed by atoms with Crippen molar-refractivity contribution in [3.05, 3.63) is 0 Å². The number of carbonyl (C=O) groups is 1. The van der Waals surface area contributed by atoms with Crippen molar-refractivity contribution in [1.29, 1.82) is 0 Å². The van der Waals surface area contributed by atoms with E-state index < -0.39 is 0 Å². The van der Waals surface area contributed by atoms with Gasteiger partial charge in [0.25, 0.3) is 0 Å². The van der Waals surface area contributed by atoms with Crippen LogP contribution in [-0.4, -0.2) is 29.2 Å². The van der Waals surface area contributed by atoms with Crippen LogP contribution in [0.1, 0.15) is 46.0 Å². The molecule has 0 aliphatic carbocycles. The Hall–Kier alpha value is -0.0500. The van der Waals surface area contributed by atoms with Crippen molar-refractivity contribution >= 4 is 21.8 Å². The number of piperidine rings is 1. The SMILES string of the molecule is CCCC(C)C(=O)N1CCCC(CCBr)C1. The molecule has 2 atom stereocenters. The molecule has 2 nitrogen and oxygen atoms in total. The van der Waals surface area contributed by atoms with Gasteiger partial charge < -0.3 is 4.90 Å². The van der Waals surface area contributed by atoms with E-state index in [2.05, 4.69) is 34.7 Å². The summed E-state index contributed by atoms with van der Waals surface area (Å²) in [5, 5.41) is 1.06. The van der Waals surface area contributed by atoms with Crippen LogP contribution in [0.25, 0.3) is 0 Å². The molecule has 0 aromatic rings. The molecule has 1 amide bonds. The molecule has 1 fully saturated rings. The highest BCUT2D eigenvalue weighted by Gasteiger charge is 2.25. The predicted molar refractivity (Wildman–Crippen MR) is 71.8 cm³/mol. The van der Waals surface area contributed by atoms with Gasteiger partial charge in [-0.1, -0.05) is 36.2 Å². The lowest BCUT2D eigenvalue weighted by molar-refractivity contribution is -0.137. The van der Waals surface area contributed by atoms with Gasteiger partial charge in [0.05, 0.1) is 0 Å². The lowest BCUT2D eigenvalue weighted by Crippen LogP contribution is -2.42. The highest BCUT2D eigenvalue weighted by molar-refractivity contribution is 9.09. The molecule has 0 N–H and O–H groups in total.